The first-order chi connectivity index (χ1) is 9.31. The van der Waals surface area contributed by atoms with E-state index in [1.54, 1.807) is 0 Å². The lowest BCUT2D eigenvalue weighted by atomic mass is 9.98. The van der Waals surface area contributed by atoms with Crippen molar-refractivity contribution < 1.29 is 4.79 Å². The minimum Gasteiger partial charge on any atom is -0.350 e. The van der Waals surface area contributed by atoms with Gasteiger partial charge in [0.2, 0.25) is 0 Å². The average molecular weight is 275 g/mol. The van der Waals surface area contributed by atoms with Crippen LogP contribution in [0.25, 0.3) is 0 Å². The van der Waals surface area contributed by atoms with Gasteiger partial charge in [-0.15, -0.1) is 0 Å². The van der Waals surface area contributed by atoms with Crippen LogP contribution in [-0.2, 0) is 0 Å². The molecule has 1 amide bonds. The van der Waals surface area contributed by atoms with Crippen molar-refractivity contribution in [3.8, 4) is 0 Å². The van der Waals surface area contributed by atoms with Gasteiger partial charge in [-0.3, -0.25) is 4.79 Å². The summed E-state index contributed by atoms with van der Waals surface area (Å²) in [4.78, 5) is 12.4. The molecule has 0 radical (unpaired) electrons. The number of hydrogen-bond donors (Lipinski definition) is 1. The Kier molecular flexibility index (Phi) is 6.25. The molecule has 112 valence electrons. The van der Waals surface area contributed by atoms with E-state index in [0.717, 1.165) is 29.0 Å². The molecular formula is C18H29NO. The molecule has 0 fully saturated rings. The molecule has 0 saturated carbocycles. The second-order valence-corrected chi connectivity index (χ2v) is 6.47. The zero-order chi connectivity index (χ0) is 15.3. The number of nitrogens with one attached hydrogen (secondary N) is 1. The summed E-state index contributed by atoms with van der Waals surface area (Å²) in [6.45, 7) is 12.7. The maximum absolute atomic E-state index is 12.4. The van der Waals surface area contributed by atoms with Gasteiger partial charge in [-0.2, -0.15) is 0 Å². The summed E-state index contributed by atoms with van der Waals surface area (Å²) in [5.41, 5.74) is 4.18. The molecule has 2 nitrogen and oxygen atoms in total. The van der Waals surface area contributed by atoms with Crippen LogP contribution >= 0.6 is 0 Å². The van der Waals surface area contributed by atoms with Gasteiger partial charge in [0.1, 0.15) is 0 Å². The molecule has 1 aromatic rings. The summed E-state index contributed by atoms with van der Waals surface area (Å²) in [6, 6.07) is 4.39. The van der Waals surface area contributed by atoms with E-state index in [1.807, 2.05) is 13.8 Å². The molecule has 0 spiro atoms. The van der Waals surface area contributed by atoms with E-state index in [1.165, 1.54) is 18.4 Å². The van der Waals surface area contributed by atoms with E-state index in [9.17, 15) is 4.79 Å². The normalized spacial score (nSPS) is 12.6. The molecule has 1 rings (SSSR count). The van der Waals surface area contributed by atoms with Crippen LogP contribution < -0.4 is 5.32 Å². The van der Waals surface area contributed by atoms with E-state index < -0.39 is 0 Å². The molecule has 1 atom stereocenters. The van der Waals surface area contributed by atoms with E-state index in [-0.39, 0.29) is 11.9 Å². The summed E-state index contributed by atoms with van der Waals surface area (Å²) >= 11 is 0. The topological polar surface area (TPSA) is 29.1 Å². The average Bonchev–Trinajstić information content (AvgIpc) is 2.26. The van der Waals surface area contributed by atoms with Crippen molar-refractivity contribution in [3.63, 3.8) is 0 Å². The standard InChI is InChI=1S/C18H29NO/c1-12(2)8-7-9-16(6)19-18(20)17-14(4)10-13(3)11-15(17)5/h10-12,16H,7-9H2,1-6H3,(H,19,20). The fourth-order valence-corrected chi connectivity index (χ4v) is 2.74. The van der Waals surface area contributed by atoms with Crippen molar-refractivity contribution in [1.29, 1.82) is 0 Å². The summed E-state index contributed by atoms with van der Waals surface area (Å²) in [7, 11) is 0. The first-order valence-electron chi connectivity index (χ1n) is 7.70. The van der Waals surface area contributed by atoms with Crippen LogP contribution in [0.4, 0.5) is 0 Å². The van der Waals surface area contributed by atoms with Crippen molar-refractivity contribution in [2.24, 2.45) is 5.92 Å². The van der Waals surface area contributed by atoms with Gasteiger partial charge in [-0.25, -0.2) is 0 Å². The number of rotatable bonds is 6. The number of carbonyl (C=O) groups excluding carboxylic acids is 1. The van der Waals surface area contributed by atoms with Crippen LogP contribution in [0.1, 0.15) is 67.1 Å². The minimum atomic E-state index is 0.0667. The Hall–Kier alpha value is -1.31. The van der Waals surface area contributed by atoms with Crippen LogP contribution in [-0.4, -0.2) is 11.9 Å². The quantitative estimate of drug-likeness (QED) is 0.810. The first-order valence-corrected chi connectivity index (χ1v) is 7.70. The lowest BCUT2D eigenvalue weighted by Gasteiger charge is -2.17. The zero-order valence-electron chi connectivity index (χ0n) is 13.8. The Labute approximate surface area is 124 Å². The highest BCUT2D eigenvalue weighted by atomic mass is 16.1. The van der Waals surface area contributed by atoms with E-state index in [0.29, 0.717) is 0 Å². The lowest BCUT2D eigenvalue weighted by Crippen LogP contribution is -2.33. The highest BCUT2D eigenvalue weighted by Gasteiger charge is 2.14. The summed E-state index contributed by atoms with van der Waals surface area (Å²) < 4.78 is 0. The number of amides is 1. The third-order valence-corrected chi connectivity index (χ3v) is 3.70. The molecule has 20 heavy (non-hydrogen) atoms. The maximum atomic E-state index is 12.4. The highest BCUT2D eigenvalue weighted by molar-refractivity contribution is 5.97. The van der Waals surface area contributed by atoms with Gasteiger partial charge in [-0.05, 0) is 51.2 Å². The van der Waals surface area contributed by atoms with Crippen molar-refractivity contribution >= 4 is 5.91 Å². The highest BCUT2D eigenvalue weighted by Crippen LogP contribution is 2.17. The molecule has 0 heterocycles. The molecule has 0 aliphatic heterocycles. The van der Waals surface area contributed by atoms with Crippen LogP contribution in [0.15, 0.2) is 12.1 Å². The van der Waals surface area contributed by atoms with Gasteiger partial charge >= 0.3 is 0 Å². The fourth-order valence-electron chi connectivity index (χ4n) is 2.74. The predicted molar refractivity (Wildman–Crippen MR) is 86.3 cm³/mol. The number of benzene rings is 1. The minimum absolute atomic E-state index is 0.0667. The van der Waals surface area contributed by atoms with E-state index >= 15 is 0 Å². The third-order valence-electron chi connectivity index (χ3n) is 3.70. The van der Waals surface area contributed by atoms with Gasteiger partial charge < -0.3 is 5.32 Å². The molecule has 0 aliphatic carbocycles. The van der Waals surface area contributed by atoms with Crippen molar-refractivity contribution in [2.45, 2.75) is 66.8 Å². The smallest absolute Gasteiger partial charge is 0.252 e. The van der Waals surface area contributed by atoms with Gasteiger partial charge in [0, 0.05) is 11.6 Å². The first kappa shape index (κ1) is 16.7. The second kappa shape index (κ2) is 7.47. The molecule has 0 aliphatic rings. The molecule has 1 N–H and O–H groups in total. The summed E-state index contributed by atoms with van der Waals surface area (Å²) in [5.74, 6) is 0.802. The molecule has 1 unspecified atom stereocenters. The van der Waals surface area contributed by atoms with Crippen molar-refractivity contribution in [1.82, 2.24) is 5.32 Å². The summed E-state index contributed by atoms with van der Waals surface area (Å²) in [6.07, 6.45) is 3.45. The van der Waals surface area contributed by atoms with E-state index in [2.05, 4.69) is 45.1 Å². The maximum Gasteiger partial charge on any atom is 0.252 e. The predicted octanol–water partition coefficient (Wildman–Crippen LogP) is 4.56. The lowest BCUT2D eigenvalue weighted by molar-refractivity contribution is 0.0936. The Bertz CT molecular complexity index is 439. The SMILES string of the molecule is Cc1cc(C)c(C(=O)NC(C)CCCC(C)C)c(C)c1. The molecule has 1 aromatic carbocycles. The van der Waals surface area contributed by atoms with Crippen molar-refractivity contribution in [2.75, 3.05) is 0 Å². The Morgan fingerprint density at radius 3 is 2.10 bits per heavy atom. The van der Waals surface area contributed by atoms with Crippen LogP contribution in [0.5, 0.6) is 0 Å². The monoisotopic (exact) mass is 275 g/mol. The molecule has 0 aromatic heterocycles. The van der Waals surface area contributed by atoms with Crippen LogP contribution in [0, 0.1) is 26.7 Å². The van der Waals surface area contributed by atoms with Gasteiger partial charge in [0.15, 0.2) is 0 Å². The summed E-state index contributed by atoms with van der Waals surface area (Å²) in [5, 5.41) is 3.13. The van der Waals surface area contributed by atoms with Gasteiger partial charge in [0.05, 0.1) is 0 Å². The van der Waals surface area contributed by atoms with Gasteiger partial charge in [0.25, 0.3) is 5.91 Å². The van der Waals surface area contributed by atoms with Crippen molar-refractivity contribution in [3.05, 3.63) is 34.4 Å². The molecule has 0 saturated heterocycles. The number of aryl methyl sites for hydroxylation is 3. The number of carbonyl (C=O) groups is 1. The molecule has 2 heteroatoms. The Morgan fingerprint density at radius 1 is 1.05 bits per heavy atom. The molecule has 0 bridgehead atoms. The molecular weight excluding hydrogens is 246 g/mol. The zero-order valence-corrected chi connectivity index (χ0v) is 13.8. The van der Waals surface area contributed by atoms with Crippen LogP contribution in [0.2, 0.25) is 0 Å². The largest absolute Gasteiger partial charge is 0.350 e. The Morgan fingerprint density at radius 2 is 1.60 bits per heavy atom. The Balaban J connectivity index is 2.63. The van der Waals surface area contributed by atoms with E-state index in [4.69, 9.17) is 0 Å². The fraction of sp³-hybridized carbons (Fsp3) is 0.611. The second-order valence-electron chi connectivity index (χ2n) is 6.47. The third kappa shape index (κ3) is 4.99. The van der Waals surface area contributed by atoms with Crippen LogP contribution in [0.3, 0.4) is 0 Å². The van der Waals surface area contributed by atoms with Gasteiger partial charge in [-0.1, -0.05) is 44.4 Å². The number of hydrogen-bond acceptors (Lipinski definition) is 1.